The largest absolute Gasteiger partial charge is 0.465 e. The van der Waals surface area contributed by atoms with Crippen molar-refractivity contribution < 1.29 is 14.3 Å². The van der Waals surface area contributed by atoms with Gasteiger partial charge in [0.25, 0.3) is 0 Å². The van der Waals surface area contributed by atoms with Gasteiger partial charge in [0.05, 0.1) is 11.9 Å². The highest BCUT2D eigenvalue weighted by atomic mass is 32.1. The first-order valence-corrected chi connectivity index (χ1v) is 8.16. The first kappa shape index (κ1) is 18.8. The van der Waals surface area contributed by atoms with Gasteiger partial charge in [0, 0.05) is 13.2 Å². The molecule has 0 bridgehead atoms. The second-order valence-electron chi connectivity index (χ2n) is 4.79. The smallest absolute Gasteiger partial charge is 0.318 e. The zero-order valence-electron chi connectivity index (χ0n) is 12.5. The fourth-order valence-corrected chi connectivity index (χ4v) is 2.04. The van der Waals surface area contributed by atoms with Crippen LogP contribution in [0.15, 0.2) is 0 Å². The van der Waals surface area contributed by atoms with Crippen molar-refractivity contribution in [2.45, 2.75) is 70.5 Å². The SMILES string of the molecule is CCCCCC(S)C(=O)OCCCCCCOCC. The number of unbranched alkanes of at least 4 members (excludes halogenated alkanes) is 5. The number of thiol groups is 1. The van der Waals surface area contributed by atoms with Crippen molar-refractivity contribution in [3.63, 3.8) is 0 Å². The van der Waals surface area contributed by atoms with Crippen LogP contribution in [0.2, 0.25) is 0 Å². The summed E-state index contributed by atoms with van der Waals surface area (Å²) in [7, 11) is 0. The second kappa shape index (κ2) is 14.2. The molecular formula is C15H30O3S. The van der Waals surface area contributed by atoms with Crippen molar-refractivity contribution in [3.05, 3.63) is 0 Å². The highest BCUT2D eigenvalue weighted by Crippen LogP contribution is 2.11. The van der Waals surface area contributed by atoms with Gasteiger partial charge in [0.2, 0.25) is 0 Å². The maximum Gasteiger partial charge on any atom is 0.318 e. The molecule has 0 aliphatic rings. The molecule has 0 radical (unpaired) electrons. The number of hydrogen-bond donors (Lipinski definition) is 1. The van der Waals surface area contributed by atoms with Gasteiger partial charge in [0.15, 0.2) is 0 Å². The van der Waals surface area contributed by atoms with Crippen LogP contribution in [0.4, 0.5) is 0 Å². The Morgan fingerprint density at radius 1 is 1.00 bits per heavy atom. The van der Waals surface area contributed by atoms with E-state index in [1.54, 1.807) is 0 Å². The fourth-order valence-electron chi connectivity index (χ4n) is 1.78. The third-order valence-electron chi connectivity index (χ3n) is 2.98. The number of ether oxygens (including phenoxy) is 2. The summed E-state index contributed by atoms with van der Waals surface area (Å²) in [5.74, 6) is -0.159. The first-order valence-electron chi connectivity index (χ1n) is 7.64. The van der Waals surface area contributed by atoms with Gasteiger partial charge in [-0.3, -0.25) is 4.79 Å². The van der Waals surface area contributed by atoms with Crippen molar-refractivity contribution in [1.82, 2.24) is 0 Å². The van der Waals surface area contributed by atoms with E-state index in [9.17, 15) is 4.79 Å². The lowest BCUT2D eigenvalue weighted by atomic mass is 10.1. The molecule has 114 valence electrons. The molecule has 1 unspecified atom stereocenters. The molecule has 0 aromatic rings. The molecule has 3 nitrogen and oxygen atoms in total. The topological polar surface area (TPSA) is 35.5 Å². The molecule has 0 fully saturated rings. The molecule has 0 aliphatic carbocycles. The molecule has 0 aliphatic heterocycles. The van der Waals surface area contributed by atoms with Crippen LogP contribution in [0.25, 0.3) is 0 Å². The Morgan fingerprint density at radius 3 is 2.32 bits per heavy atom. The highest BCUT2D eigenvalue weighted by Gasteiger charge is 2.14. The zero-order valence-corrected chi connectivity index (χ0v) is 13.4. The molecule has 0 N–H and O–H groups in total. The molecule has 4 heteroatoms. The molecule has 19 heavy (non-hydrogen) atoms. The van der Waals surface area contributed by atoms with Crippen LogP contribution in [0.3, 0.4) is 0 Å². The van der Waals surface area contributed by atoms with E-state index in [4.69, 9.17) is 9.47 Å². The predicted octanol–water partition coefficient (Wildman–Crippen LogP) is 4.01. The summed E-state index contributed by atoms with van der Waals surface area (Å²) in [5.41, 5.74) is 0. The van der Waals surface area contributed by atoms with Crippen molar-refractivity contribution >= 4 is 18.6 Å². The lowest BCUT2D eigenvalue weighted by Gasteiger charge is -2.10. The van der Waals surface area contributed by atoms with Crippen molar-refractivity contribution in [2.75, 3.05) is 19.8 Å². The number of carbonyl (C=O) groups is 1. The minimum Gasteiger partial charge on any atom is -0.465 e. The molecule has 1 atom stereocenters. The van der Waals surface area contributed by atoms with E-state index in [0.29, 0.717) is 6.61 Å². The Bertz CT molecular complexity index is 210. The Kier molecular flexibility index (Phi) is 14.0. The van der Waals surface area contributed by atoms with Crippen LogP contribution in [0.1, 0.15) is 65.2 Å². The molecule has 0 amide bonds. The van der Waals surface area contributed by atoms with Crippen LogP contribution in [0, 0.1) is 0 Å². The van der Waals surface area contributed by atoms with Crippen molar-refractivity contribution in [1.29, 1.82) is 0 Å². The fraction of sp³-hybridized carbons (Fsp3) is 0.933. The highest BCUT2D eigenvalue weighted by molar-refractivity contribution is 7.81. The van der Waals surface area contributed by atoms with Crippen LogP contribution in [-0.2, 0) is 14.3 Å². The summed E-state index contributed by atoms with van der Waals surface area (Å²) in [6, 6.07) is 0. The molecule has 0 heterocycles. The minimum absolute atomic E-state index is 0.159. The Hall–Kier alpha value is -0.220. The van der Waals surface area contributed by atoms with Crippen LogP contribution < -0.4 is 0 Å². The standard InChI is InChI=1S/C15H30O3S/c1-3-5-8-11-14(19)15(16)18-13-10-7-6-9-12-17-4-2/h14,19H,3-13H2,1-2H3. The van der Waals surface area contributed by atoms with E-state index < -0.39 is 0 Å². The van der Waals surface area contributed by atoms with Crippen LogP contribution in [-0.4, -0.2) is 31.0 Å². The summed E-state index contributed by atoms with van der Waals surface area (Å²) >= 11 is 4.29. The van der Waals surface area contributed by atoms with Crippen molar-refractivity contribution in [3.8, 4) is 0 Å². The number of esters is 1. The van der Waals surface area contributed by atoms with Gasteiger partial charge in [0.1, 0.15) is 0 Å². The third-order valence-corrected chi connectivity index (χ3v) is 3.45. The molecule has 0 rings (SSSR count). The van der Waals surface area contributed by atoms with Gasteiger partial charge in [-0.25, -0.2) is 0 Å². The molecule has 0 saturated carbocycles. The Balaban J connectivity index is 3.32. The molecule has 0 aromatic carbocycles. The van der Waals surface area contributed by atoms with Crippen molar-refractivity contribution in [2.24, 2.45) is 0 Å². The summed E-state index contributed by atoms with van der Waals surface area (Å²) in [6.07, 6.45) is 8.45. The lowest BCUT2D eigenvalue weighted by Crippen LogP contribution is -2.18. The summed E-state index contributed by atoms with van der Waals surface area (Å²) < 4.78 is 10.5. The summed E-state index contributed by atoms with van der Waals surface area (Å²) in [6.45, 7) is 6.31. The second-order valence-corrected chi connectivity index (χ2v) is 5.41. The third kappa shape index (κ3) is 12.6. The number of carbonyl (C=O) groups excluding carboxylic acids is 1. The van der Waals surface area contributed by atoms with Gasteiger partial charge in [-0.2, -0.15) is 12.6 Å². The van der Waals surface area contributed by atoms with Crippen LogP contribution >= 0.6 is 12.6 Å². The first-order chi connectivity index (χ1) is 9.22. The van der Waals surface area contributed by atoms with Gasteiger partial charge in [-0.1, -0.05) is 32.6 Å². The van der Waals surface area contributed by atoms with Crippen LogP contribution in [0.5, 0.6) is 0 Å². The number of hydrogen-bond acceptors (Lipinski definition) is 4. The minimum atomic E-state index is -0.246. The Morgan fingerprint density at radius 2 is 1.68 bits per heavy atom. The van der Waals surface area contributed by atoms with E-state index in [0.717, 1.165) is 64.6 Å². The van der Waals surface area contributed by atoms with Gasteiger partial charge >= 0.3 is 5.97 Å². The lowest BCUT2D eigenvalue weighted by molar-refractivity contribution is -0.143. The normalized spacial score (nSPS) is 12.4. The molecule has 0 spiro atoms. The quantitative estimate of drug-likeness (QED) is 0.316. The molecule has 0 aromatic heterocycles. The predicted molar refractivity (Wildman–Crippen MR) is 82.8 cm³/mol. The van der Waals surface area contributed by atoms with E-state index in [-0.39, 0.29) is 11.2 Å². The van der Waals surface area contributed by atoms with E-state index in [1.165, 1.54) is 0 Å². The van der Waals surface area contributed by atoms with E-state index in [1.807, 2.05) is 6.92 Å². The molecule has 0 saturated heterocycles. The Labute approximate surface area is 123 Å². The monoisotopic (exact) mass is 290 g/mol. The summed E-state index contributed by atoms with van der Waals surface area (Å²) in [4.78, 5) is 11.6. The van der Waals surface area contributed by atoms with Gasteiger partial charge in [-0.15, -0.1) is 0 Å². The number of rotatable bonds is 13. The average Bonchev–Trinajstić information content (AvgIpc) is 2.41. The van der Waals surface area contributed by atoms with E-state index >= 15 is 0 Å². The van der Waals surface area contributed by atoms with Gasteiger partial charge < -0.3 is 9.47 Å². The molecular weight excluding hydrogens is 260 g/mol. The zero-order chi connectivity index (χ0) is 14.3. The average molecular weight is 290 g/mol. The van der Waals surface area contributed by atoms with Gasteiger partial charge in [-0.05, 0) is 32.6 Å². The van der Waals surface area contributed by atoms with E-state index in [2.05, 4.69) is 19.6 Å². The maximum atomic E-state index is 11.6. The summed E-state index contributed by atoms with van der Waals surface area (Å²) in [5, 5.41) is -0.246. The maximum absolute atomic E-state index is 11.6.